The van der Waals surface area contributed by atoms with Crippen molar-refractivity contribution >= 4 is 17.5 Å². The van der Waals surface area contributed by atoms with Crippen LogP contribution in [0.4, 0.5) is 0 Å². The van der Waals surface area contributed by atoms with Gasteiger partial charge >= 0.3 is 5.97 Å². The number of allylic oxidation sites excluding steroid dienone is 1. The van der Waals surface area contributed by atoms with E-state index in [2.05, 4.69) is 0 Å². The molecule has 150 valence electrons. The van der Waals surface area contributed by atoms with Gasteiger partial charge < -0.3 is 10.2 Å². The third-order valence-electron chi connectivity index (χ3n) is 4.30. The summed E-state index contributed by atoms with van der Waals surface area (Å²) < 4.78 is 0. The summed E-state index contributed by atoms with van der Waals surface area (Å²) in [5, 5.41) is 20.0. The van der Waals surface area contributed by atoms with Gasteiger partial charge in [0, 0.05) is 25.2 Å². The summed E-state index contributed by atoms with van der Waals surface area (Å²) in [4.78, 5) is 36.2. The van der Waals surface area contributed by atoms with Gasteiger partial charge in [0.05, 0.1) is 0 Å². The van der Waals surface area contributed by atoms with E-state index in [1.165, 1.54) is 0 Å². The third-order valence-corrected chi connectivity index (χ3v) is 4.30. The first-order chi connectivity index (χ1) is 12.0. The molecule has 5 nitrogen and oxygen atoms in total. The monoisotopic (exact) mass is 368 g/mol. The van der Waals surface area contributed by atoms with E-state index in [1.807, 2.05) is 41.5 Å². The Morgan fingerprint density at radius 3 is 1.69 bits per heavy atom. The number of hydrogen-bond donors (Lipinski definition) is 2. The summed E-state index contributed by atoms with van der Waals surface area (Å²) in [7, 11) is 0. The van der Waals surface area contributed by atoms with E-state index in [0.29, 0.717) is 24.7 Å². The topological polar surface area (TPSA) is 91.7 Å². The molecule has 2 N–H and O–H groups in total. The van der Waals surface area contributed by atoms with Gasteiger partial charge in [0.25, 0.3) is 0 Å². The van der Waals surface area contributed by atoms with Crippen molar-refractivity contribution in [1.82, 2.24) is 0 Å². The zero-order valence-corrected chi connectivity index (χ0v) is 17.2. The highest BCUT2D eigenvalue weighted by atomic mass is 16.4. The van der Waals surface area contributed by atoms with Crippen molar-refractivity contribution < 1.29 is 24.6 Å². The van der Waals surface area contributed by atoms with Crippen molar-refractivity contribution in [2.24, 2.45) is 23.7 Å². The first-order valence-electron chi connectivity index (χ1n) is 9.66. The Labute approximate surface area is 157 Å². The van der Waals surface area contributed by atoms with Crippen LogP contribution in [0.2, 0.25) is 0 Å². The molecule has 26 heavy (non-hydrogen) atoms. The molecule has 5 heteroatoms. The van der Waals surface area contributed by atoms with Crippen LogP contribution >= 0.6 is 0 Å². The number of hydrogen-bond acceptors (Lipinski definition) is 4. The molecule has 0 fully saturated rings. The van der Waals surface area contributed by atoms with Gasteiger partial charge in [-0.05, 0) is 30.6 Å². The maximum Gasteiger partial charge on any atom is 0.342 e. The van der Waals surface area contributed by atoms with Crippen molar-refractivity contribution in [3.8, 4) is 0 Å². The molecule has 0 radical (unpaired) electrons. The molecular weight excluding hydrogens is 332 g/mol. The minimum atomic E-state index is -1.42. The summed E-state index contributed by atoms with van der Waals surface area (Å²) in [6, 6.07) is 0. The Hall–Kier alpha value is -1.65. The second-order valence-electron chi connectivity index (χ2n) is 8.43. The lowest BCUT2D eigenvalue weighted by Gasteiger charge is -2.19. The first kappa shape index (κ1) is 24.4. The minimum absolute atomic E-state index is 0.0000495. The van der Waals surface area contributed by atoms with E-state index >= 15 is 0 Å². The maximum atomic E-state index is 12.3. The van der Waals surface area contributed by atoms with Crippen LogP contribution in [0.25, 0.3) is 0 Å². The summed E-state index contributed by atoms with van der Waals surface area (Å²) in [5.41, 5.74) is -0.552. The minimum Gasteiger partial charge on any atom is -0.511 e. The van der Waals surface area contributed by atoms with E-state index in [-0.39, 0.29) is 24.5 Å². The standard InChI is InChI=1S/C21H36O5/c1-13(2)7-9-16(12-17(22)10-8-14(3)4)20(24)19(21(25)26)18(23)11-15(5)6/h13-16,24H,7-12H2,1-6H3,(H,25,26)/t16-/m1/s1. The van der Waals surface area contributed by atoms with Crippen LogP contribution in [0, 0.1) is 23.7 Å². The summed E-state index contributed by atoms with van der Waals surface area (Å²) >= 11 is 0. The lowest BCUT2D eigenvalue weighted by molar-refractivity contribution is -0.135. The Balaban J connectivity index is 5.53. The molecule has 0 aliphatic carbocycles. The number of Topliss-reactive ketones (excluding diaryl/α,β-unsaturated/α-hetero) is 2. The highest BCUT2D eigenvalue weighted by Crippen LogP contribution is 2.27. The summed E-state index contributed by atoms with van der Waals surface area (Å²) in [6.45, 7) is 11.8. The summed E-state index contributed by atoms with van der Waals surface area (Å²) in [5.74, 6) is -2.28. The van der Waals surface area contributed by atoms with Crippen LogP contribution in [0.5, 0.6) is 0 Å². The fraction of sp³-hybridized carbons (Fsp3) is 0.762. The van der Waals surface area contributed by atoms with Crippen LogP contribution < -0.4 is 0 Å². The molecule has 0 bridgehead atoms. The Morgan fingerprint density at radius 1 is 0.731 bits per heavy atom. The van der Waals surface area contributed by atoms with Gasteiger partial charge in [-0.25, -0.2) is 4.79 Å². The molecule has 0 rings (SSSR count). The lowest BCUT2D eigenvalue weighted by atomic mass is 9.87. The van der Waals surface area contributed by atoms with Crippen LogP contribution in [-0.2, 0) is 14.4 Å². The summed E-state index contributed by atoms with van der Waals surface area (Å²) in [6.07, 6.45) is 2.55. The highest BCUT2D eigenvalue weighted by molar-refractivity contribution is 6.17. The predicted octanol–water partition coefficient (Wildman–Crippen LogP) is 4.95. The van der Waals surface area contributed by atoms with Crippen LogP contribution in [0.15, 0.2) is 11.3 Å². The Kier molecular flexibility index (Phi) is 11.1. The number of ketones is 2. The quantitative estimate of drug-likeness (QED) is 0.208. The molecule has 1 atom stereocenters. The number of aliphatic carboxylic acids is 1. The van der Waals surface area contributed by atoms with E-state index in [0.717, 1.165) is 12.8 Å². The fourth-order valence-corrected chi connectivity index (χ4v) is 2.75. The maximum absolute atomic E-state index is 12.3. The number of aliphatic hydroxyl groups excluding tert-OH is 1. The van der Waals surface area contributed by atoms with Gasteiger partial charge in [0.15, 0.2) is 5.78 Å². The molecule has 0 aromatic rings. The van der Waals surface area contributed by atoms with Crippen molar-refractivity contribution in [1.29, 1.82) is 0 Å². The van der Waals surface area contributed by atoms with Gasteiger partial charge in [-0.1, -0.05) is 48.0 Å². The number of carboxylic acids is 1. The second kappa shape index (κ2) is 11.9. The molecule has 0 amide bonds. The largest absolute Gasteiger partial charge is 0.511 e. The zero-order chi connectivity index (χ0) is 20.4. The van der Waals surface area contributed by atoms with Gasteiger partial charge in [-0.2, -0.15) is 0 Å². The van der Waals surface area contributed by atoms with E-state index in [9.17, 15) is 24.6 Å². The van der Waals surface area contributed by atoms with Gasteiger partial charge in [0.1, 0.15) is 17.1 Å². The molecule has 0 aromatic heterocycles. The molecule has 0 aliphatic heterocycles. The van der Waals surface area contributed by atoms with Gasteiger partial charge in [-0.15, -0.1) is 0 Å². The Morgan fingerprint density at radius 2 is 1.27 bits per heavy atom. The predicted molar refractivity (Wildman–Crippen MR) is 103 cm³/mol. The van der Waals surface area contributed by atoms with E-state index in [1.54, 1.807) is 0 Å². The molecule has 0 saturated carbocycles. The number of carboxylic acid groups (broad SMARTS) is 1. The van der Waals surface area contributed by atoms with Gasteiger partial charge in [0.2, 0.25) is 0 Å². The average Bonchev–Trinajstić information content (AvgIpc) is 2.47. The fourth-order valence-electron chi connectivity index (χ4n) is 2.75. The van der Waals surface area contributed by atoms with Crippen molar-refractivity contribution in [2.75, 3.05) is 0 Å². The van der Waals surface area contributed by atoms with Crippen molar-refractivity contribution in [3.63, 3.8) is 0 Å². The molecular formula is C21H36O5. The first-order valence-corrected chi connectivity index (χ1v) is 9.66. The SMILES string of the molecule is CC(C)CCC(=O)C[C@@H](CCC(C)C)C(O)=C(C(=O)O)C(=O)CC(C)C. The average molecular weight is 369 g/mol. The van der Waals surface area contributed by atoms with E-state index < -0.39 is 29.0 Å². The van der Waals surface area contributed by atoms with Gasteiger partial charge in [-0.3, -0.25) is 9.59 Å². The second-order valence-corrected chi connectivity index (χ2v) is 8.43. The van der Waals surface area contributed by atoms with Crippen LogP contribution in [0.1, 0.15) is 80.1 Å². The van der Waals surface area contributed by atoms with Crippen molar-refractivity contribution in [3.05, 3.63) is 11.3 Å². The lowest BCUT2D eigenvalue weighted by Crippen LogP contribution is -2.22. The number of carbonyl (C=O) groups is 3. The van der Waals surface area contributed by atoms with Crippen LogP contribution in [0.3, 0.4) is 0 Å². The zero-order valence-electron chi connectivity index (χ0n) is 17.2. The molecule has 0 saturated heterocycles. The molecule has 0 heterocycles. The highest BCUT2D eigenvalue weighted by Gasteiger charge is 2.29. The van der Waals surface area contributed by atoms with Crippen LogP contribution in [-0.4, -0.2) is 27.7 Å². The smallest absolute Gasteiger partial charge is 0.342 e. The molecule has 0 spiro atoms. The molecule has 0 aliphatic rings. The normalized spacial score (nSPS) is 13.9. The third kappa shape index (κ3) is 9.73. The number of rotatable bonds is 13. The number of carbonyl (C=O) groups excluding carboxylic acids is 2. The molecule has 0 aromatic carbocycles. The van der Waals surface area contributed by atoms with Crippen molar-refractivity contribution in [2.45, 2.75) is 80.1 Å². The Bertz CT molecular complexity index is 514. The van der Waals surface area contributed by atoms with E-state index in [4.69, 9.17) is 0 Å². The number of aliphatic hydroxyl groups is 1. The molecule has 0 unspecified atom stereocenters.